The molecule has 2 N–H and O–H groups in total. The standard InChI is InChI=1S/C14H22N6/c1-5-15-11-8-12(19-14(18-11)10(2)3)17-9-13-16-6-7-20(13)4/h6-8,10H,5,9H2,1-4H3,(H2,15,17,18,19). The van der Waals surface area contributed by atoms with Crippen molar-refractivity contribution in [2.45, 2.75) is 33.2 Å². The lowest BCUT2D eigenvalue weighted by Crippen LogP contribution is -2.10. The summed E-state index contributed by atoms with van der Waals surface area (Å²) >= 11 is 0. The topological polar surface area (TPSA) is 67.7 Å². The molecule has 0 aliphatic carbocycles. The molecule has 2 aromatic rings. The molecular weight excluding hydrogens is 252 g/mol. The molecule has 0 aliphatic rings. The molecule has 6 nitrogen and oxygen atoms in total. The Morgan fingerprint density at radius 1 is 1.20 bits per heavy atom. The van der Waals surface area contributed by atoms with E-state index in [1.54, 1.807) is 6.20 Å². The first-order chi connectivity index (χ1) is 9.60. The highest BCUT2D eigenvalue weighted by Crippen LogP contribution is 2.17. The minimum atomic E-state index is 0.294. The quantitative estimate of drug-likeness (QED) is 0.846. The van der Waals surface area contributed by atoms with Crippen molar-refractivity contribution in [3.05, 3.63) is 30.1 Å². The molecule has 0 aromatic carbocycles. The smallest absolute Gasteiger partial charge is 0.135 e. The number of imidazole rings is 1. The lowest BCUT2D eigenvalue weighted by atomic mass is 10.2. The molecule has 0 unspecified atom stereocenters. The number of aryl methyl sites for hydroxylation is 1. The largest absolute Gasteiger partial charge is 0.370 e. The molecule has 0 bridgehead atoms. The normalized spacial score (nSPS) is 10.8. The fraction of sp³-hybridized carbons (Fsp3) is 0.500. The van der Waals surface area contributed by atoms with Gasteiger partial charge in [0.15, 0.2) is 0 Å². The van der Waals surface area contributed by atoms with Gasteiger partial charge in [-0.15, -0.1) is 0 Å². The van der Waals surface area contributed by atoms with Gasteiger partial charge in [-0.2, -0.15) is 0 Å². The average molecular weight is 274 g/mol. The monoisotopic (exact) mass is 274 g/mol. The van der Waals surface area contributed by atoms with Gasteiger partial charge >= 0.3 is 0 Å². The van der Waals surface area contributed by atoms with Gasteiger partial charge in [0.05, 0.1) is 6.54 Å². The molecule has 0 saturated heterocycles. The summed E-state index contributed by atoms with van der Waals surface area (Å²) in [5, 5.41) is 6.54. The van der Waals surface area contributed by atoms with Gasteiger partial charge in [0, 0.05) is 38.0 Å². The summed E-state index contributed by atoms with van der Waals surface area (Å²) in [5.41, 5.74) is 0. The minimum absolute atomic E-state index is 0.294. The summed E-state index contributed by atoms with van der Waals surface area (Å²) in [7, 11) is 1.98. The second-order valence-electron chi connectivity index (χ2n) is 4.99. The number of aromatic nitrogens is 4. The summed E-state index contributed by atoms with van der Waals surface area (Å²) in [6.45, 7) is 7.72. The fourth-order valence-corrected chi connectivity index (χ4v) is 1.82. The first-order valence-corrected chi connectivity index (χ1v) is 6.93. The fourth-order valence-electron chi connectivity index (χ4n) is 1.82. The van der Waals surface area contributed by atoms with Crippen LogP contribution in [-0.2, 0) is 13.6 Å². The van der Waals surface area contributed by atoms with Crippen LogP contribution in [-0.4, -0.2) is 26.1 Å². The Morgan fingerprint density at radius 2 is 1.90 bits per heavy atom. The Labute approximate surface area is 119 Å². The molecule has 0 fully saturated rings. The summed E-state index contributed by atoms with van der Waals surface area (Å²) in [4.78, 5) is 13.3. The van der Waals surface area contributed by atoms with Crippen LogP contribution in [0.15, 0.2) is 18.5 Å². The van der Waals surface area contributed by atoms with Crippen molar-refractivity contribution in [1.82, 2.24) is 19.5 Å². The van der Waals surface area contributed by atoms with Crippen LogP contribution in [0.3, 0.4) is 0 Å². The first kappa shape index (κ1) is 14.3. The molecular formula is C14H22N6. The lowest BCUT2D eigenvalue weighted by Gasteiger charge is -2.12. The van der Waals surface area contributed by atoms with Crippen molar-refractivity contribution in [2.75, 3.05) is 17.2 Å². The van der Waals surface area contributed by atoms with Crippen molar-refractivity contribution in [2.24, 2.45) is 7.05 Å². The molecule has 0 amide bonds. The van der Waals surface area contributed by atoms with Gasteiger partial charge in [-0.3, -0.25) is 0 Å². The molecule has 108 valence electrons. The van der Waals surface area contributed by atoms with Gasteiger partial charge in [-0.05, 0) is 6.92 Å². The maximum Gasteiger partial charge on any atom is 0.135 e. The Kier molecular flexibility index (Phi) is 4.55. The molecule has 0 atom stereocenters. The van der Waals surface area contributed by atoms with Gasteiger partial charge in [-0.1, -0.05) is 13.8 Å². The van der Waals surface area contributed by atoms with E-state index < -0.39 is 0 Å². The van der Waals surface area contributed by atoms with Gasteiger partial charge < -0.3 is 15.2 Å². The number of anilines is 2. The van der Waals surface area contributed by atoms with E-state index >= 15 is 0 Å². The first-order valence-electron chi connectivity index (χ1n) is 6.93. The maximum atomic E-state index is 4.55. The highest BCUT2D eigenvalue weighted by atomic mass is 15.1. The third-order valence-electron chi connectivity index (χ3n) is 2.97. The number of hydrogen-bond acceptors (Lipinski definition) is 5. The van der Waals surface area contributed by atoms with E-state index in [0.29, 0.717) is 12.5 Å². The molecule has 0 saturated carbocycles. The van der Waals surface area contributed by atoms with Crippen LogP contribution < -0.4 is 10.6 Å². The summed E-state index contributed by atoms with van der Waals surface area (Å²) in [6.07, 6.45) is 3.72. The van der Waals surface area contributed by atoms with E-state index in [0.717, 1.165) is 29.8 Å². The number of rotatable bonds is 6. The van der Waals surface area contributed by atoms with Crippen molar-refractivity contribution in [3.63, 3.8) is 0 Å². The molecule has 2 rings (SSSR count). The molecule has 20 heavy (non-hydrogen) atoms. The van der Waals surface area contributed by atoms with Gasteiger partial charge in [-0.25, -0.2) is 15.0 Å². The van der Waals surface area contributed by atoms with E-state index in [-0.39, 0.29) is 0 Å². The third kappa shape index (κ3) is 3.46. The van der Waals surface area contributed by atoms with E-state index in [1.807, 2.05) is 23.9 Å². The van der Waals surface area contributed by atoms with Gasteiger partial charge in [0.25, 0.3) is 0 Å². The summed E-state index contributed by atoms with van der Waals surface area (Å²) in [6, 6.07) is 1.93. The van der Waals surface area contributed by atoms with Crippen LogP contribution >= 0.6 is 0 Å². The van der Waals surface area contributed by atoms with Crippen molar-refractivity contribution < 1.29 is 0 Å². The average Bonchev–Trinajstić information content (AvgIpc) is 2.82. The number of nitrogens with zero attached hydrogens (tertiary/aromatic N) is 4. The molecule has 0 spiro atoms. The van der Waals surface area contributed by atoms with Crippen molar-refractivity contribution >= 4 is 11.6 Å². The number of hydrogen-bond donors (Lipinski definition) is 2. The summed E-state index contributed by atoms with van der Waals surface area (Å²) in [5.74, 6) is 3.78. The van der Waals surface area contributed by atoms with Crippen molar-refractivity contribution in [3.8, 4) is 0 Å². The van der Waals surface area contributed by atoms with Crippen LogP contribution in [0.1, 0.15) is 38.3 Å². The SMILES string of the molecule is CCNc1cc(NCc2nccn2C)nc(C(C)C)n1. The van der Waals surface area contributed by atoms with E-state index in [9.17, 15) is 0 Å². The zero-order valence-corrected chi connectivity index (χ0v) is 12.5. The molecule has 0 aliphatic heterocycles. The van der Waals surface area contributed by atoms with Gasteiger partial charge in [0.2, 0.25) is 0 Å². The minimum Gasteiger partial charge on any atom is -0.370 e. The Balaban J connectivity index is 2.15. The highest BCUT2D eigenvalue weighted by Gasteiger charge is 2.08. The van der Waals surface area contributed by atoms with E-state index in [4.69, 9.17) is 0 Å². The van der Waals surface area contributed by atoms with Crippen molar-refractivity contribution in [1.29, 1.82) is 0 Å². The molecule has 6 heteroatoms. The highest BCUT2D eigenvalue weighted by molar-refractivity contribution is 5.47. The second-order valence-corrected chi connectivity index (χ2v) is 4.99. The lowest BCUT2D eigenvalue weighted by molar-refractivity contribution is 0.770. The zero-order valence-electron chi connectivity index (χ0n) is 12.5. The number of nitrogens with one attached hydrogen (secondary N) is 2. The van der Waals surface area contributed by atoms with E-state index in [1.165, 1.54) is 0 Å². The Morgan fingerprint density at radius 3 is 2.45 bits per heavy atom. The Hall–Kier alpha value is -2.11. The predicted molar refractivity (Wildman–Crippen MR) is 80.8 cm³/mol. The van der Waals surface area contributed by atoms with Crippen LogP contribution in [0.25, 0.3) is 0 Å². The zero-order chi connectivity index (χ0) is 14.5. The summed E-state index contributed by atoms with van der Waals surface area (Å²) < 4.78 is 1.99. The van der Waals surface area contributed by atoms with E-state index in [2.05, 4.69) is 46.4 Å². The molecule has 0 radical (unpaired) electrons. The van der Waals surface area contributed by atoms with Gasteiger partial charge in [0.1, 0.15) is 23.3 Å². The Bertz CT molecular complexity index is 561. The molecule has 2 heterocycles. The van der Waals surface area contributed by atoms with Crippen LogP contribution in [0.4, 0.5) is 11.6 Å². The second kappa shape index (κ2) is 6.36. The van der Waals surface area contributed by atoms with Crippen LogP contribution in [0.2, 0.25) is 0 Å². The van der Waals surface area contributed by atoms with Crippen LogP contribution in [0, 0.1) is 0 Å². The predicted octanol–water partition coefficient (Wildman–Crippen LogP) is 2.38. The maximum absolute atomic E-state index is 4.55. The third-order valence-corrected chi connectivity index (χ3v) is 2.97. The van der Waals surface area contributed by atoms with Crippen LogP contribution in [0.5, 0.6) is 0 Å². The molecule has 2 aromatic heterocycles.